The molecule has 1 fully saturated rings. The first-order valence-electron chi connectivity index (χ1n) is 8.00. The van der Waals surface area contributed by atoms with Gasteiger partial charge in [-0.2, -0.15) is 0 Å². The van der Waals surface area contributed by atoms with Gasteiger partial charge in [0, 0.05) is 18.5 Å². The third-order valence-electron chi connectivity index (χ3n) is 4.45. The molecule has 0 aromatic carbocycles. The second-order valence-corrected chi connectivity index (χ2v) is 6.95. The van der Waals surface area contributed by atoms with E-state index in [0.717, 1.165) is 30.0 Å². The van der Waals surface area contributed by atoms with Gasteiger partial charge in [0.2, 0.25) is 0 Å². The number of amides is 1. The van der Waals surface area contributed by atoms with Crippen molar-refractivity contribution in [3.63, 3.8) is 0 Å². The highest BCUT2D eigenvalue weighted by atomic mass is 32.1. The Balaban J connectivity index is 1.51. The second kappa shape index (κ2) is 6.01. The molecule has 0 N–H and O–H groups in total. The van der Waals surface area contributed by atoms with Gasteiger partial charge < -0.3 is 9.64 Å². The molecule has 2 aliphatic heterocycles. The quantitative estimate of drug-likeness (QED) is 0.854. The average Bonchev–Trinajstić information content (AvgIpc) is 3.23. The van der Waals surface area contributed by atoms with E-state index in [4.69, 9.17) is 4.74 Å². The van der Waals surface area contributed by atoms with Crippen LogP contribution in [0.4, 0.5) is 0 Å². The summed E-state index contributed by atoms with van der Waals surface area (Å²) >= 11 is 1.57. The molecule has 1 amide bonds. The van der Waals surface area contributed by atoms with Crippen molar-refractivity contribution in [3.05, 3.63) is 28.0 Å². The molecule has 23 heavy (non-hydrogen) atoms. The van der Waals surface area contributed by atoms with Crippen molar-refractivity contribution in [2.45, 2.75) is 44.9 Å². The summed E-state index contributed by atoms with van der Waals surface area (Å²) in [6, 6.07) is 0.0488. The maximum atomic E-state index is 12.7. The Bertz CT molecular complexity index is 712. The van der Waals surface area contributed by atoms with Crippen molar-refractivity contribution in [2.24, 2.45) is 0 Å². The largest absolute Gasteiger partial charge is 0.370 e. The molecule has 2 aromatic heterocycles. The van der Waals surface area contributed by atoms with Crippen LogP contribution < -0.4 is 0 Å². The van der Waals surface area contributed by atoms with E-state index in [9.17, 15) is 4.79 Å². The van der Waals surface area contributed by atoms with Gasteiger partial charge in [0.25, 0.3) is 5.91 Å². The van der Waals surface area contributed by atoms with E-state index in [-0.39, 0.29) is 18.1 Å². The second-order valence-electron chi connectivity index (χ2n) is 6.00. The van der Waals surface area contributed by atoms with Crippen LogP contribution in [0.3, 0.4) is 0 Å². The molecule has 8 heteroatoms. The van der Waals surface area contributed by atoms with Crippen LogP contribution in [0.1, 0.15) is 47.0 Å². The minimum absolute atomic E-state index is 0.00860. The molecule has 2 atom stereocenters. The van der Waals surface area contributed by atoms with Gasteiger partial charge in [0.05, 0.1) is 35.7 Å². The predicted molar refractivity (Wildman–Crippen MR) is 84.3 cm³/mol. The number of hydrogen-bond donors (Lipinski definition) is 0. The molecule has 4 heterocycles. The zero-order valence-electron chi connectivity index (χ0n) is 13.0. The van der Waals surface area contributed by atoms with Crippen LogP contribution >= 0.6 is 11.3 Å². The van der Waals surface area contributed by atoms with Crippen LogP contribution in [0.25, 0.3) is 0 Å². The summed E-state index contributed by atoms with van der Waals surface area (Å²) in [5.41, 5.74) is 1.53. The lowest BCUT2D eigenvalue weighted by atomic mass is 10.00. The smallest absolute Gasteiger partial charge is 0.273 e. The zero-order chi connectivity index (χ0) is 15.8. The number of likely N-dealkylation sites (tertiary alicyclic amines) is 1. The van der Waals surface area contributed by atoms with Gasteiger partial charge in [0.15, 0.2) is 0 Å². The van der Waals surface area contributed by atoms with Crippen molar-refractivity contribution < 1.29 is 9.53 Å². The lowest BCUT2D eigenvalue weighted by Crippen LogP contribution is -2.50. The minimum atomic E-state index is 0.00860. The lowest BCUT2D eigenvalue weighted by Gasteiger charge is -2.40. The van der Waals surface area contributed by atoms with Crippen LogP contribution in [0.15, 0.2) is 11.6 Å². The van der Waals surface area contributed by atoms with Crippen molar-refractivity contribution >= 4 is 17.2 Å². The number of thiazole rings is 1. The molecule has 0 radical (unpaired) electrons. The number of aryl methyl sites for hydroxylation is 1. The van der Waals surface area contributed by atoms with Gasteiger partial charge in [-0.15, -0.1) is 16.4 Å². The molecule has 0 saturated carbocycles. The van der Waals surface area contributed by atoms with Gasteiger partial charge in [-0.1, -0.05) is 12.1 Å². The summed E-state index contributed by atoms with van der Waals surface area (Å²) in [5.74, 6) is 0.00860. The van der Waals surface area contributed by atoms with Crippen LogP contribution in [-0.2, 0) is 17.8 Å². The van der Waals surface area contributed by atoms with E-state index in [1.807, 2.05) is 15.0 Å². The number of aromatic nitrogens is 4. The molecule has 2 unspecified atom stereocenters. The Kier molecular flexibility index (Phi) is 3.86. The first kappa shape index (κ1) is 14.8. The molecule has 122 valence electrons. The van der Waals surface area contributed by atoms with Crippen LogP contribution in [0, 0.1) is 0 Å². The van der Waals surface area contributed by atoms with Crippen molar-refractivity contribution in [1.82, 2.24) is 24.9 Å². The Hall–Kier alpha value is -1.80. The molecule has 2 aliphatic rings. The van der Waals surface area contributed by atoms with Crippen molar-refractivity contribution in [2.75, 3.05) is 13.1 Å². The number of carbonyl (C=O) groups is 1. The monoisotopic (exact) mass is 333 g/mol. The number of ether oxygens (including phenoxy) is 1. The third-order valence-corrected chi connectivity index (χ3v) is 5.36. The molecule has 2 aromatic rings. The Morgan fingerprint density at radius 3 is 3.30 bits per heavy atom. The summed E-state index contributed by atoms with van der Waals surface area (Å²) in [5, 5.41) is 11.0. The number of fused-ring (bicyclic) bond motifs is 3. The molecular formula is C15H19N5O2S. The maximum Gasteiger partial charge on any atom is 0.273 e. The minimum Gasteiger partial charge on any atom is -0.370 e. The van der Waals surface area contributed by atoms with Crippen molar-refractivity contribution in [1.29, 1.82) is 0 Å². The Labute approximate surface area is 138 Å². The van der Waals surface area contributed by atoms with E-state index in [2.05, 4.69) is 22.2 Å². The topological polar surface area (TPSA) is 73.1 Å². The van der Waals surface area contributed by atoms with Crippen LogP contribution in [0.2, 0.25) is 0 Å². The molecule has 0 aliphatic carbocycles. The number of rotatable bonds is 3. The molecule has 4 rings (SSSR count). The van der Waals surface area contributed by atoms with E-state index in [0.29, 0.717) is 25.4 Å². The lowest BCUT2D eigenvalue weighted by molar-refractivity contribution is -0.0605. The zero-order valence-corrected chi connectivity index (χ0v) is 13.8. The van der Waals surface area contributed by atoms with E-state index in [1.54, 1.807) is 17.5 Å². The Morgan fingerprint density at radius 2 is 2.43 bits per heavy atom. The first-order valence-corrected chi connectivity index (χ1v) is 8.88. The predicted octanol–water partition coefficient (Wildman–Crippen LogP) is 1.67. The molecule has 0 spiro atoms. The fourth-order valence-corrected chi connectivity index (χ4v) is 4.14. The van der Waals surface area contributed by atoms with Crippen molar-refractivity contribution in [3.8, 4) is 0 Å². The van der Waals surface area contributed by atoms with Gasteiger partial charge in [-0.25, -0.2) is 9.67 Å². The number of carbonyl (C=O) groups excluding carboxylic acids is 1. The normalized spacial score (nSPS) is 23.4. The van der Waals surface area contributed by atoms with Crippen LogP contribution in [0.5, 0.6) is 0 Å². The molecular weight excluding hydrogens is 314 g/mol. The molecule has 7 nitrogen and oxygen atoms in total. The fraction of sp³-hybridized carbons (Fsp3) is 0.600. The highest BCUT2D eigenvalue weighted by molar-refractivity contribution is 7.09. The standard InChI is InChI=1S/C15H19N5O2S/c1-2-3-14-17-11(9-23-14)15(21)19-5-4-13-12(7-19)20-10(8-22-13)6-16-18-20/h6,9,12-13H,2-5,7-8H2,1H3. The van der Waals surface area contributed by atoms with Crippen LogP contribution in [-0.4, -0.2) is 50.0 Å². The van der Waals surface area contributed by atoms with E-state index in [1.165, 1.54) is 0 Å². The Morgan fingerprint density at radius 1 is 1.52 bits per heavy atom. The summed E-state index contributed by atoms with van der Waals surface area (Å²) in [4.78, 5) is 19.1. The summed E-state index contributed by atoms with van der Waals surface area (Å²) in [6.07, 6.45) is 4.63. The third kappa shape index (κ3) is 2.66. The summed E-state index contributed by atoms with van der Waals surface area (Å²) in [6.45, 7) is 3.96. The maximum absolute atomic E-state index is 12.7. The van der Waals surface area contributed by atoms with E-state index < -0.39 is 0 Å². The SMILES string of the molecule is CCCc1nc(C(=O)N2CCC3OCc4cnnn4C3C2)cs1. The summed E-state index contributed by atoms with van der Waals surface area (Å²) < 4.78 is 7.80. The van der Waals surface area contributed by atoms with Gasteiger partial charge in [0.1, 0.15) is 5.69 Å². The highest BCUT2D eigenvalue weighted by Crippen LogP contribution is 2.30. The van der Waals surface area contributed by atoms with Gasteiger partial charge in [-0.05, 0) is 19.3 Å². The number of piperidine rings is 1. The first-order chi connectivity index (χ1) is 11.3. The number of nitrogens with zero attached hydrogens (tertiary/aromatic N) is 5. The highest BCUT2D eigenvalue weighted by Gasteiger charge is 2.38. The number of hydrogen-bond acceptors (Lipinski definition) is 6. The molecule has 1 saturated heterocycles. The fourth-order valence-electron chi connectivity index (χ4n) is 3.26. The van der Waals surface area contributed by atoms with Gasteiger partial charge in [-0.3, -0.25) is 4.79 Å². The molecule has 0 bridgehead atoms. The van der Waals surface area contributed by atoms with Gasteiger partial charge >= 0.3 is 0 Å². The van der Waals surface area contributed by atoms with E-state index >= 15 is 0 Å². The average molecular weight is 333 g/mol. The summed E-state index contributed by atoms with van der Waals surface area (Å²) in [7, 11) is 0.